The van der Waals surface area contributed by atoms with Crippen LogP contribution >= 0.6 is 0 Å². The van der Waals surface area contributed by atoms with Crippen molar-refractivity contribution < 1.29 is 22.8 Å². The summed E-state index contributed by atoms with van der Waals surface area (Å²) in [6.45, 7) is 3.34. The van der Waals surface area contributed by atoms with E-state index in [-0.39, 0.29) is 12.6 Å². The molecule has 2 saturated heterocycles. The predicted molar refractivity (Wildman–Crippen MR) is 77.9 cm³/mol. The fourth-order valence-electron chi connectivity index (χ4n) is 3.13. The summed E-state index contributed by atoms with van der Waals surface area (Å²) in [5, 5.41) is 2.72. The first kappa shape index (κ1) is 17.8. The number of piperidine rings is 1. The Morgan fingerprint density at radius 3 is 2.43 bits per heavy atom. The molecule has 2 aliphatic heterocycles. The van der Waals surface area contributed by atoms with E-state index in [2.05, 4.69) is 5.32 Å². The maximum Gasteiger partial charge on any atom is 0.406 e. The van der Waals surface area contributed by atoms with Crippen molar-refractivity contribution in [3.63, 3.8) is 0 Å². The molecule has 0 aromatic rings. The third-order valence-corrected chi connectivity index (χ3v) is 4.24. The van der Waals surface area contributed by atoms with Crippen molar-refractivity contribution in [3.8, 4) is 0 Å². The Kier molecular flexibility index (Phi) is 5.72. The van der Waals surface area contributed by atoms with Gasteiger partial charge < -0.3 is 15.1 Å². The second kappa shape index (κ2) is 7.37. The molecule has 2 aliphatic rings. The molecule has 0 bridgehead atoms. The van der Waals surface area contributed by atoms with E-state index in [0.29, 0.717) is 45.6 Å². The summed E-state index contributed by atoms with van der Waals surface area (Å²) in [6.07, 6.45) is -3.22. The smallest absolute Gasteiger partial charge is 0.338 e. The van der Waals surface area contributed by atoms with E-state index in [0.717, 1.165) is 4.90 Å². The zero-order valence-corrected chi connectivity index (χ0v) is 13.2. The Morgan fingerprint density at radius 1 is 1.22 bits per heavy atom. The predicted octanol–water partition coefficient (Wildman–Crippen LogP) is 0.887. The van der Waals surface area contributed by atoms with Gasteiger partial charge in [0, 0.05) is 39.3 Å². The van der Waals surface area contributed by atoms with Gasteiger partial charge in [0.25, 0.3) is 0 Å². The molecule has 0 aromatic heterocycles. The lowest BCUT2D eigenvalue weighted by molar-refractivity contribution is -0.168. The van der Waals surface area contributed by atoms with Crippen LogP contribution in [0.4, 0.5) is 18.0 Å². The lowest BCUT2D eigenvalue weighted by Crippen LogP contribution is -2.59. The summed E-state index contributed by atoms with van der Waals surface area (Å²) in [6, 6.07) is -0.636. The molecule has 0 saturated carbocycles. The largest absolute Gasteiger partial charge is 0.406 e. The molecule has 0 aliphatic carbocycles. The number of piperazine rings is 1. The van der Waals surface area contributed by atoms with Gasteiger partial charge in [-0.3, -0.25) is 9.69 Å². The van der Waals surface area contributed by atoms with Gasteiger partial charge in [0.1, 0.15) is 6.54 Å². The minimum Gasteiger partial charge on any atom is -0.338 e. The van der Waals surface area contributed by atoms with Crippen molar-refractivity contribution in [1.29, 1.82) is 0 Å². The summed E-state index contributed by atoms with van der Waals surface area (Å²) in [5.41, 5.74) is 0. The van der Waals surface area contributed by atoms with Crippen molar-refractivity contribution in [3.05, 3.63) is 0 Å². The molecule has 9 heteroatoms. The van der Waals surface area contributed by atoms with E-state index in [1.807, 2.05) is 11.8 Å². The van der Waals surface area contributed by atoms with E-state index in [4.69, 9.17) is 0 Å². The highest BCUT2D eigenvalue weighted by atomic mass is 19.4. The summed E-state index contributed by atoms with van der Waals surface area (Å²) in [4.78, 5) is 28.5. The summed E-state index contributed by atoms with van der Waals surface area (Å²) < 4.78 is 37.6. The van der Waals surface area contributed by atoms with Gasteiger partial charge in [-0.25, -0.2) is 4.79 Å². The van der Waals surface area contributed by atoms with Gasteiger partial charge in [-0.2, -0.15) is 13.2 Å². The molecular formula is C14H23F3N4O2. The van der Waals surface area contributed by atoms with Gasteiger partial charge in [0.05, 0.1) is 6.04 Å². The lowest BCUT2D eigenvalue weighted by Gasteiger charge is -2.42. The number of nitrogens with zero attached hydrogens (tertiary/aromatic N) is 3. The Bertz CT molecular complexity index is 436. The third kappa shape index (κ3) is 4.73. The Labute approximate surface area is 133 Å². The van der Waals surface area contributed by atoms with Crippen molar-refractivity contribution >= 4 is 11.9 Å². The molecule has 6 nitrogen and oxygen atoms in total. The molecule has 0 unspecified atom stereocenters. The van der Waals surface area contributed by atoms with Crippen LogP contribution in [-0.2, 0) is 4.79 Å². The van der Waals surface area contributed by atoms with Crippen LogP contribution in [0.2, 0.25) is 0 Å². The zero-order chi connectivity index (χ0) is 17.0. The number of rotatable bonds is 3. The average molecular weight is 336 g/mol. The molecule has 0 spiro atoms. The quantitative estimate of drug-likeness (QED) is 0.833. The topological polar surface area (TPSA) is 55.9 Å². The van der Waals surface area contributed by atoms with Gasteiger partial charge in [-0.1, -0.05) is 0 Å². The maximum absolute atomic E-state index is 12.5. The van der Waals surface area contributed by atoms with Gasteiger partial charge in [0.2, 0.25) is 5.91 Å². The molecule has 1 atom stereocenters. The SMILES string of the molecule is CCNC(=O)N1CCN([C@@H]2CCCN(CC(F)(F)F)C2=O)CC1. The first-order valence-corrected chi connectivity index (χ1v) is 7.94. The van der Waals surface area contributed by atoms with Crippen LogP contribution in [0.5, 0.6) is 0 Å². The Morgan fingerprint density at radius 2 is 1.87 bits per heavy atom. The van der Waals surface area contributed by atoms with Crippen LogP contribution in [0.3, 0.4) is 0 Å². The number of alkyl halides is 3. The van der Waals surface area contributed by atoms with Crippen molar-refractivity contribution in [1.82, 2.24) is 20.0 Å². The van der Waals surface area contributed by atoms with Crippen LogP contribution in [0.25, 0.3) is 0 Å². The number of amides is 3. The van der Waals surface area contributed by atoms with Crippen LogP contribution in [0.1, 0.15) is 19.8 Å². The average Bonchev–Trinajstić information content (AvgIpc) is 2.49. The second-order valence-electron chi connectivity index (χ2n) is 5.89. The molecule has 2 fully saturated rings. The molecule has 3 amide bonds. The highest BCUT2D eigenvalue weighted by molar-refractivity contribution is 5.82. The van der Waals surface area contributed by atoms with Crippen molar-refractivity contribution in [2.75, 3.05) is 45.8 Å². The normalized spacial score (nSPS) is 24.0. The number of likely N-dealkylation sites (tertiary alicyclic amines) is 1. The van der Waals surface area contributed by atoms with E-state index in [1.165, 1.54) is 0 Å². The minimum absolute atomic E-state index is 0.138. The van der Waals surface area contributed by atoms with E-state index in [1.54, 1.807) is 4.90 Å². The molecule has 2 rings (SSSR count). The van der Waals surface area contributed by atoms with Crippen LogP contribution in [0.15, 0.2) is 0 Å². The standard InChI is InChI=1S/C14H23F3N4O2/c1-2-18-13(23)20-8-6-19(7-9-20)11-4-3-5-21(12(11)22)10-14(15,16)17/h11H,2-10H2,1H3,(H,18,23)/t11-/m1/s1. The van der Waals surface area contributed by atoms with Crippen molar-refractivity contribution in [2.24, 2.45) is 0 Å². The Balaban J connectivity index is 1.90. The number of urea groups is 1. The van der Waals surface area contributed by atoms with Crippen LogP contribution < -0.4 is 5.32 Å². The molecule has 2 heterocycles. The molecule has 1 N–H and O–H groups in total. The highest BCUT2D eigenvalue weighted by Gasteiger charge is 2.40. The maximum atomic E-state index is 12.5. The molecule has 23 heavy (non-hydrogen) atoms. The number of halogens is 3. The first-order chi connectivity index (χ1) is 10.8. The summed E-state index contributed by atoms with van der Waals surface area (Å²) >= 11 is 0. The number of nitrogens with one attached hydrogen (secondary N) is 1. The number of hydrogen-bond donors (Lipinski definition) is 1. The minimum atomic E-state index is -4.37. The van der Waals surface area contributed by atoms with Gasteiger partial charge in [0.15, 0.2) is 0 Å². The summed E-state index contributed by atoms with van der Waals surface area (Å²) in [7, 11) is 0. The Hall–Kier alpha value is -1.51. The van der Waals surface area contributed by atoms with Gasteiger partial charge in [-0.15, -0.1) is 0 Å². The molecule has 132 valence electrons. The number of hydrogen-bond acceptors (Lipinski definition) is 3. The van der Waals surface area contributed by atoms with Gasteiger partial charge >= 0.3 is 12.2 Å². The monoisotopic (exact) mass is 336 g/mol. The second-order valence-corrected chi connectivity index (χ2v) is 5.89. The third-order valence-electron chi connectivity index (χ3n) is 4.24. The molecule has 0 radical (unpaired) electrons. The van der Waals surface area contributed by atoms with E-state index >= 15 is 0 Å². The zero-order valence-electron chi connectivity index (χ0n) is 13.2. The number of carbonyl (C=O) groups excluding carboxylic acids is 2. The summed E-state index contributed by atoms with van der Waals surface area (Å²) in [5.74, 6) is -0.444. The van der Waals surface area contributed by atoms with Crippen LogP contribution in [0, 0.1) is 0 Å². The lowest BCUT2D eigenvalue weighted by atomic mass is 10.0. The van der Waals surface area contributed by atoms with Crippen molar-refractivity contribution in [2.45, 2.75) is 32.0 Å². The van der Waals surface area contributed by atoms with Gasteiger partial charge in [-0.05, 0) is 19.8 Å². The van der Waals surface area contributed by atoms with Crippen LogP contribution in [-0.4, -0.2) is 84.7 Å². The fourth-order valence-corrected chi connectivity index (χ4v) is 3.13. The highest BCUT2D eigenvalue weighted by Crippen LogP contribution is 2.23. The fraction of sp³-hybridized carbons (Fsp3) is 0.857. The molecular weight excluding hydrogens is 313 g/mol. The molecule has 0 aromatic carbocycles. The number of carbonyl (C=O) groups is 2. The van der Waals surface area contributed by atoms with E-state index < -0.39 is 24.7 Å². The van der Waals surface area contributed by atoms with E-state index in [9.17, 15) is 22.8 Å². The first-order valence-electron chi connectivity index (χ1n) is 7.94.